The van der Waals surface area contributed by atoms with Crippen LogP contribution in [0, 0.1) is 0 Å². The second-order valence-corrected chi connectivity index (χ2v) is 12.3. The third-order valence-electron chi connectivity index (χ3n) is 6.26. The fourth-order valence-corrected chi connectivity index (χ4v) is 6.77. The molecule has 0 bridgehead atoms. The zero-order chi connectivity index (χ0) is 28.8. The molecule has 0 aliphatic carbocycles. The Morgan fingerprint density at radius 3 is 1.50 bits per heavy atom. The van der Waals surface area contributed by atoms with Crippen molar-refractivity contribution >= 4 is 80.6 Å². The van der Waals surface area contributed by atoms with Crippen molar-refractivity contribution in [2.24, 2.45) is 0 Å². The maximum atomic E-state index is 12.9. The van der Waals surface area contributed by atoms with Gasteiger partial charge in [0, 0.05) is 13.1 Å². The molecule has 4 rings (SSSR count). The van der Waals surface area contributed by atoms with Crippen molar-refractivity contribution in [3.05, 3.63) is 57.3 Å². The van der Waals surface area contributed by atoms with Crippen LogP contribution in [-0.2, 0) is 9.59 Å². The van der Waals surface area contributed by atoms with Gasteiger partial charge in [0.2, 0.25) is 0 Å². The first-order chi connectivity index (χ1) is 19.2. The second-order valence-electron chi connectivity index (χ2n) is 8.94. The Morgan fingerprint density at radius 1 is 0.725 bits per heavy atom. The van der Waals surface area contributed by atoms with E-state index in [2.05, 4.69) is 0 Å². The average molecular weight is 617 g/mol. The van der Waals surface area contributed by atoms with Crippen molar-refractivity contribution in [2.45, 2.75) is 25.7 Å². The molecule has 2 heterocycles. The van der Waals surface area contributed by atoms with Gasteiger partial charge in [0.1, 0.15) is 8.64 Å². The number of nitrogens with zero attached hydrogens (tertiary/aromatic N) is 2. The quantitative estimate of drug-likeness (QED) is 0.184. The largest absolute Gasteiger partial charge is 0.504 e. The number of thiocarbonyl (C=S) groups is 2. The fraction of sp³-hybridized carbons (Fsp3) is 0.286. The third-order valence-corrected chi connectivity index (χ3v) is 9.02. The zero-order valence-corrected chi connectivity index (χ0v) is 25.2. The Balaban J connectivity index is 1.23. The molecule has 12 heteroatoms. The lowest BCUT2D eigenvalue weighted by atomic mass is 10.1. The van der Waals surface area contributed by atoms with Crippen LogP contribution in [0.2, 0.25) is 0 Å². The monoisotopic (exact) mass is 616 g/mol. The van der Waals surface area contributed by atoms with Gasteiger partial charge in [0.05, 0.1) is 24.0 Å². The number of ether oxygens (including phenoxy) is 2. The van der Waals surface area contributed by atoms with E-state index in [0.29, 0.717) is 43.0 Å². The molecule has 210 valence electrons. The van der Waals surface area contributed by atoms with Crippen LogP contribution in [0.1, 0.15) is 36.8 Å². The lowest BCUT2D eigenvalue weighted by Crippen LogP contribution is -2.29. The minimum absolute atomic E-state index is 0.0360. The molecule has 0 radical (unpaired) electrons. The number of amides is 2. The minimum atomic E-state index is -0.127. The van der Waals surface area contributed by atoms with E-state index in [1.54, 1.807) is 46.2 Å². The molecule has 2 aromatic rings. The summed E-state index contributed by atoms with van der Waals surface area (Å²) >= 11 is 13.4. The van der Waals surface area contributed by atoms with Gasteiger partial charge >= 0.3 is 0 Å². The maximum Gasteiger partial charge on any atom is 0.266 e. The standard InChI is InChI=1S/C28H28N2O6S4/c1-35-21-13-17(7-9-19(21)31)15-23-25(33)29(27(37)39-23)11-5-3-4-6-12-30-26(34)24(40-28(30)38)16-18-8-10-20(32)22(14-18)36-2/h7-10,13-16,31-32H,3-6,11-12H2,1-2H3/b23-15+,24-16+. The van der Waals surface area contributed by atoms with Gasteiger partial charge in [0.25, 0.3) is 11.8 Å². The van der Waals surface area contributed by atoms with E-state index in [0.717, 1.165) is 36.8 Å². The van der Waals surface area contributed by atoms with E-state index in [9.17, 15) is 19.8 Å². The van der Waals surface area contributed by atoms with Gasteiger partial charge in [-0.25, -0.2) is 0 Å². The molecule has 0 saturated carbocycles. The van der Waals surface area contributed by atoms with E-state index in [4.69, 9.17) is 33.9 Å². The molecule has 40 heavy (non-hydrogen) atoms. The molecule has 0 spiro atoms. The van der Waals surface area contributed by atoms with Gasteiger partial charge in [-0.15, -0.1) is 0 Å². The van der Waals surface area contributed by atoms with Crippen molar-refractivity contribution < 1.29 is 29.3 Å². The van der Waals surface area contributed by atoms with Gasteiger partial charge in [-0.3, -0.25) is 19.4 Å². The van der Waals surface area contributed by atoms with Crippen molar-refractivity contribution in [3.63, 3.8) is 0 Å². The Kier molecular flexibility index (Phi) is 10.1. The first-order valence-electron chi connectivity index (χ1n) is 12.5. The summed E-state index contributed by atoms with van der Waals surface area (Å²) in [5, 5.41) is 19.6. The number of phenolic OH excluding ortho intramolecular Hbond substituents is 2. The molecule has 0 aromatic heterocycles. The highest BCUT2D eigenvalue weighted by atomic mass is 32.2. The van der Waals surface area contributed by atoms with Gasteiger partial charge in [0.15, 0.2) is 23.0 Å². The lowest BCUT2D eigenvalue weighted by molar-refractivity contribution is -0.123. The average Bonchev–Trinajstić information content (AvgIpc) is 3.36. The van der Waals surface area contributed by atoms with Crippen LogP contribution in [0.4, 0.5) is 0 Å². The first-order valence-corrected chi connectivity index (χ1v) is 14.9. The van der Waals surface area contributed by atoms with E-state index in [-0.39, 0.29) is 23.3 Å². The van der Waals surface area contributed by atoms with Crippen molar-refractivity contribution in [3.8, 4) is 23.0 Å². The summed E-state index contributed by atoms with van der Waals surface area (Å²) in [5.41, 5.74) is 1.48. The topological polar surface area (TPSA) is 99.5 Å². The number of hydrogen-bond acceptors (Lipinski definition) is 10. The van der Waals surface area contributed by atoms with Crippen molar-refractivity contribution in [1.82, 2.24) is 9.80 Å². The normalized spacial score (nSPS) is 17.6. The molecule has 2 fully saturated rings. The molecule has 0 atom stereocenters. The number of unbranched alkanes of at least 4 members (excludes halogenated alkanes) is 3. The molecular weight excluding hydrogens is 589 g/mol. The molecule has 2 aliphatic heterocycles. The van der Waals surface area contributed by atoms with Crippen LogP contribution in [-0.4, -0.2) is 67.8 Å². The highest BCUT2D eigenvalue weighted by Crippen LogP contribution is 2.36. The minimum Gasteiger partial charge on any atom is -0.504 e. The molecule has 0 unspecified atom stereocenters. The third kappa shape index (κ3) is 6.98. The molecule has 2 saturated heterocycles. The molecular formula is C28H28N2O6S4. The summed E-state index contributed by atoms with van der Waals surface area (Å²) in [4.78, 5) is 30.1. The zero-order valence-electron chi connectivity index (χ0n) is 21.9. The first kappa shape index (κ1) is 29.9. The smallest absolute Gasteiger partial charge is 0.266 e. The van der Waals surface area contributed by atoms with Crippen LogP contribution in [0.15, 0.2) is 46.2 Å². The van der Waals surface area contributed by atoms with Crippen molar-refractivity contribution in [2.75, 3.05) is 27.3 Å². The van der Waals surface area contributed by atoms with Crippen LogP contribution >= 0.6 is 48.0 Å². The summed E-state index contributed by atoms with van der Waals surface area (Å²) in [5.74, 6) is 0.493. The predicted molar refractivity (Wildman–Crippen MR) is 168 cm³/mol. The second kappa shape index (κ2) is 13.5. The van der Waals surface area contributed by atoms with E-state index in [1.165, 1.54) is 49.9 Å². The maximum absolute atomic E-state index is 12.9. The lowest BCUT2D eigenvalue weighted by Gasteiger charge is -2.15. The highest BCUT2D eigenvalue weighted by Gasteiger charge is 2.32. The number of rotatable bonds is 11. The Morgan fingerprint density at radius 2 is 1.12 bits per heavy atom. The summed E-state index contributed by atoms with van der Waals surface area (Å²) in [6.07, 6.45) is 6.82. The number of hydrogen-bond donors (Lipinski definition) is 2. The fourth-order valence-electron chi connectivity index (χ4n) is 4.15. The Labute approximate surface area is 252 Å². The van der Waals surface area contributed by atoms with Crippen LogP contribution in [0.5, 0.6) is 23.0 Å². The van der Waals surface area contributed by atoms with Crippen LogP contribution in [0.25, 0.3) is 12.2 Å². The number of aromatic hydroxyl groups is 2. The number of benzene rings is 2. The number of phenols is 2. The molecule has 2 N–H and O–H groups in total. The summed E-state index contributed by atoms with van der Waals surface area (Å²) in [6, 6.07) is 9.81. The highest BCUT2D eigenvalue weighted by molar-refractivity contribution is 8.27. The summed E-state index contributed by atoms with van der Waals surface area (Å²) < 4.78 is 11.3. The number of carbonyl (C=O) groups excluding carboxylic acids is 2. The van der Waals surface area contributed by atoms with Crippen molar-refractivity contribution in [1.29, 1.82) is 0 Å². The van der Waals surface area contributed by atoms with Crippen LogP contribution in [0.3, 0.4) is 0 Å². The van der Waals surface area contributed by atoms with Crippen LogP contribution < -0.4 is 9.47 Å². The summed E-state index contributed by atoms with van der Waals surface area (Å²) in [7, 11) is 2.95. The van der Waals surface area contributed by atoms with E-state index in [1.807, 2.05) is 0 Å². The van der Waals surface area contributed by atoms with Gasteiger partial charge < -0.3 is 19.7 Å². The number of methoxy groups -OCH3 is 2. The van der Waals surface area contributed by atoms with Gasteiger partial charge in [-0.1, -0.05) is 72.9 Å². The molecule has 8 nitrogen and oxygen atoms in total. The van der Waals surface area contributed by atoms with Gasteiger partial charge in [-0.05, 0) is 60.4 Å². The SMILES string of the molecule is COc1cc(/C=C2/SC(=S)N(CCCCCCN3C(=O)/C(=C\c4ccc(O)c(OC)c4)SC3=S)C2=O)ccc1O. The molecule has 2 aromatic carbocycles. The summed E-state index contributed by atoms with van der Waals surface area (Å²) in [6.45, 7) is 1.06. The number of thioether (sulfide) groups is 2. The molecule has 2 amide bonds. The number of carbonyl (C=O) groups is 2. The Bertz CT molecular complexity index is 1300. The van der Waals surface area contributed by atoms with E-state index < -0.39 is 0 Å². The molecule has 2 aliphatic rings. The van der Waals surface area contributed by atoms with Gasteiger partial charge in [-0.2, -0.15) is 0 Å². The predicted octanol–water partition coefficient (Wildman–Crippen LogP) is 5.78. The van der Waals surface area contributed by atoms with E-state index >= 15 is 0 Å². The Hall–Kier alpha value is -3.06.